The van der Waals surface area contributed by atoms with Crippen molar-refractivity contribution in [3.8, 4) is 0 Å². The van der Waals surface area contributed by atoms with Gasteiger partial charge >= 0.3 is 6.36 Å². The summed E-state index contributed by atoms with van der Waals surface area (Å²) in [4.78, 5) is 0. The molecule has 0 radical (unpaired) electrons. The number of ether oxygens (including phenoxy) is 2. The minimum atomic E-state index is -4.60. The van der Waals surface area contributed by atoms with Crippen LogP contribution in [0.3, 0.4) is 0 Å². The summed E-state index contributed by atoms with van der Waals surface area (Å²) >= 11 is 0. The van der Waals surface area contributed by atoms with Crippen molar-refractivity contribution in [1.82, 2.24) is 0 Å². The summed E-state index contributed by atoms with van der Waals surface area (Å²) in [6, 6.07) is 0. The first-order valence-corrected chi connectivity index (χ1v) is 2.82. The van der Waals surface area contributed by atoms with E-state index in [1.165, 1.54) is 6.92 Å². The van der Waals surface area contributed by atoms with Crippen molar-refractivity contribution in [2.75, 3.05) is 6.61 Å². The van der Waals surface area contributed by atoms with E-state index in [2.05, 4.69) is 9.47 Å². The number of hydrogen-bond donors (Lipinski definition) is 0. The minimum absolute atomic E-state index is 0.206. The normalized spacial score (nSPS) is 15.3. The molecule has 0 aliphatic carbocycles. The molecule has 0 aromatic rings. The molecule has 0 amide bonds. The van der Waals surface area contributed by atoms with Gasteiger partial charge in [0.1, 0.15) is 0 Å². The molecule has 62 valence electrons. The third kappa shape index (κ3) is 5.84. The fourth-order valence-corrected chi connectivity index (χ4v) is 0.457. The van der Waals surface area contributed by atoms with Crippen molar-refractivity contribution in [1.29, 1.82) is 0 Å². The third-order valence-electron chi connectivity index (χ3n) is 0.701. The van der Waals surface area contributed by atoms with Crippen LogP contribution in [0.5, 0.6) is 0 Å². The Morgan fingerprint density at radius 3 is 2.20 bits per heavy atom. The average molecular weight is 158 g/mol. The lowest BCUT2D eigenvalue weighted by Crippen LogP contribution is -2.23. The minimum Gasteiger partial charge on any atom is -0.353 e. The van der Waals surface area contributed by atoms with Crippen molar-refractivity contribution in [3.63, 3.8) is 0 Å². The summed E-state index contributed by atoms with van der Waals surface area (Å²) in [6.45, 7) is 2.99. The maximum Gasteiger partial charge on any atom is 0.524 e. The van der Waals surface area contributed by atoms with Gasteiger partial charge in [0.05, 0.1) is 0 Å². The van der Waals surface area contributed by atoms with Gasteiger partial charge in [-0.1, -0.05) is 0 Å². The summed E-state index contributed by atoms with van der Waals surface area (Å²) in [6.07, 6.45) is -5.82. The van der Waals surface area contributed by atoms with Crippen LogP contribution in [0.15, 0.2) is 0 Å². The summed E-state index contributed by atoms with van der Waals surface area (Å²) < 4.78 is 41.9. The molecular formula is C5H9F3O2. The summed E-state index contributed by atoms with van der Waals surface area (Å²) in [7, 11) is 0. The van der Waals surface area contributed by atoms with Gasteiger partial charge in [0.25, 0.3) is 0 Å². The maximum absolute atomic E-state index is 11.3. The first kappa shape index (κ1) is 9.71. The molecule has 0 rings (SSSR count). The smallest absolute Gasteiger partial charge is 0.353 e. The zero-order valence-corrected chi connectivity index (χ0v) is 5.73. The van der Waals surface area contributed by atoms with Crippen molar-refractivity contribution >= 4 is 0 Å². The molecule has 0 aromatic carbocycles. The number of hydrogen-bond acceptors (Lipinski definition) is 2. The van der Waals surface area contributed by atoms with Crippen LogP contribution in [0.2, 0.25) is 0 Å². The van der Waals surface area contributed by atoms with E-state index in [-0.39, 0.29) is 6.61 Å². The van der Waals surface area contributed by atoms with Crippen LogP contribution in [-0.2, 0) is 9.47 Å². The molecule has 2 nitrogen and oxygen atoms in total. The molecule has 0 saturated carbocycles. The van der Waals surface area contributed by atoms with Gasteiger partial charge in [-0.3, -0.25) is 4.74 Å². The Bertz CT molecular complexity index is 91.4. The molecule has 0 heterocycles. The summed E-state index contributed by atoms with van der Waals surface area (Å²) in [5.74, 6) is 0. The highest BCUT2D eigenvalue weighted by Gasteiger charge is 2.31. The molecular weight excluding hydrogens is 149 g/mol. The second-order valence-electron chi connectivity index (χ2n) is 1.59. The van der Waals surface area contributed by atoms with Gasteiger partial charge in [-0.15, -0.1) is 13.2 Å². The maximum atomic E-state index is 11.3. The van der Waals surface area contributed by atoms with Crippen molar-refractivity contribution < 1.29 is 22.6 Å². The predicted molar refractivity (Wildman–Crippen MR) is 28.2 cm³/mol. The monoisotopic (exact) mass is 158 g/mol. The Hall–Kier alpha value is -0.290. The van der Waals surface area contributed by atoms with Crippen molar-refractivity contribution in [2.45, 2.75) is 26.5 Å². The molecule has 10 heavy (non-hydrogen) atoms. The van der Waals surface area contributed by atoms with Gasteiger partial charge in [-0.2, -0.15) is 0 Å². The molecule has 0 aliphatic heterocycles. The Balaban J connectivity index is 3.47. The van der Waals surface area contributed by atoms with E-state index < -0.39 is 12.7 Å². The SMILES string of the molecule is CCOC(C)OC(F)(F)F. The van der Waals surface area contributed by atoms with E-state index in [0.29, 0.717) is 0 Å². The zero-order valence-electron chi connectivity index (χ0n) is 5.73. The fourth-order valence-electron chi connectivity index (χ4n) is 0.457. The summed E-state index contributed by atoms with van der Waals surface area (Å²) in [5.41, 5.74) is 0. The van der Waals surface area contributed by atoms with Gasteiger partial charge in [-0.25, -0.2) is 0 Å². The molecule has 0 spiro atoms. The van der Waals surface area contributed by atoms with E-state index in [0.717, 1.165) is 0 Å². The zero-order chi connectivity index (χ0) is 8.20. The molecule has 5 heteroatoms. The van der Waals surface area contributed by atoms with Gasteiger partial charge in [0, 0.05) is 6.61 Å². The van der Waals surface area contributed by atoms with E-state index >= 15 is 0 Å². The quantitative estimate of drug-likeness (QED) is 0.584. The Morgan fingerprint density at radius 1 is 1.40 bits per heavy atom. The molecule has 0 N–H and O–H groups in total. The highest BCUT2D eigenvalue weighted by Crippen LogP contribution is 2.18. The molecule has 1 unspecified atom stereocenters. The highest BCUT2D eigenvalue weighted by molar-refractivity contribution is 4.32. The topological polar surface area (TPSA) is 18.5 Å². The molecule has 0 fully saturated rings. The van der Waals surface area contributed by atoms with Gasteiger partial charge in [-0.05, 0) is 13.8 Å². The van der Waals surface area contributed by atoms with E-state index in [9.17, 15) is 13.2 Å². The van der Waals surface area contributed by atoms with Crippen LogP contribution in [0, 0.1) is 0 Å². The van der Waals surface area contributed by atoms with Crippen LogP contribution in [-0.4, -0.2) is 19.3 Å². The van der Waals surface area contributed by atoms with Crippen LogP contribution in [0.1, 0.15) is 13.8 Å². The lowest BCUT2D eigenvalue weighted by atomic mass is 10.7. The van der Waals surface area contributed by atoms with Gasteiger partial charge in [0.15, 0.2) is 6.29 Å². The van der Waals surface area contributed by atoms with Gasteiger partial charge < -0.3 is 4.74 Å². The van der Waals surface area contributed by atoms with Gasteiger partial charge in [0.2, 0.25) is 0 Å². The highest BCUT2D eigenvalue weighted by atomic mass is 19.4. The molecule has 0 aromatic heterocycles. The largest absolute Gasteiger partial charge is 0.524 e. The Kier molecular flexibility index (Phi) is 3.67. The second kappa shape index (κ2) is 3.78. The first-order chi connectivity index (χ1) is 4.45. The number of rotatable bonds is 3. The second-order valence-corrected chi connectivity index (χ2v) is 1.59. The van der Waals surface area contributed by atoms with Crippen LogP contribution in [0.4, 0.5) is 13.2 Å². The van der Waals surface area contributed by atoms with E-state index in [4.69, 9.17) is 0 Å². The Morgan fingerprint density at radius 2 is 1.90 bits per heavy atom. The van der Waals surface area contributed by atoms with Crippen LogP contribution >= 0.6 is 0 Å². The lowest BCUT2D eigenvalue weighted by molar-refractivity contribution is -0.374. The van der Waals surface area contributed by atoms with E-state index in [1.807, 2.05) is 0 Å². The molecule has 0 saturated heterocycles. The van der Waals surface area contributed by atoms with Crippen molar-refractivity contribution in [3.05, 3.63) is 0 Å². The molecule has 0 bridgehead atoms. The molecule has 1 atom stereocenters. The van der Waals surface area contributed by atoms with Crippen molar-refractivity contribution in [2.24, 2.45) is 0 Å². The van der Waals surface area contributed by atoms with Crippen LogP contribution in [0.25, 0.3) is 0 Å². The fraction of sp³-hybridized carbons (Fsp3) is 1.00. The third-order valence-corrected chi connectivity index (χ3v) is 0.701. The Labute approximate surface area is 56.9 Å². The molecule has 0 aliphatic rings. The van der Waals surface area contributed by atoms with Crippen LogP contribution < -0.4 is 0 Å². The lowest BCUT2D eigenvalue weighted by Gasteiger charge is -2.13. The average Bonchev–Trinajstić information content (AvgIpc) is 1.59. The number of halogens is 3. The standard InChI is InChI=1S/C5H9F3O2/c1-3-9-4(2)10-5(6,7)8/h4H,3H2,1-2H3. The number of alkyl halides is 3. The summed E-state index contributed by atoms with van der Waals surface area (Å²) in [5, 5.41) is 0. The predicted octanol–water partition coefficient (Wildman–Crippen LogP) is 1.91. The van der Waals surface area contributed by atoms with E-state index in [1.54, 1.807) is 6.92 Å². The first-order valence-electron chi connectivity index (χ1n) is 2.82.